The molecule has 0 unspecified atom stereocenters. The number of rotatable bonds is 6. The molecule has 144 valence electrons. The van der Waals surface area contributed by atoms with E-state index in [0.717, 1.165) is 34.1 Å². The van der Waals surface area contributed by atoms with Crippen LogP contribution in [0.4, 0.5) is 10.5 Å². The summed E-state index contributed by atoms with van der Waals surface area (Å²) >= 11 is 3.18. The predicted octanol–water partition coefficient (Wildman–Crippen LogP) is 5.47. The first kappa shape index (κ1) is 20.1. The molecule has 3 rings (SSSR count). The van der Waals surface area contributed by atoms with Gasteiger partial charge in [0.05, 0.1) is 5.69 Å². The van der Waals surface area contributed by atoms with Gasteiger partial charge in [-0.3, -0.25) is 0 Å². The van der Waals surface area contributed by atoms with Crippen LogP contribution in [0.2, 0.25) is 0 Å². The van der Waals surface area contributed by atoms with Gasteiger partial charge >= 0.3 is 6.03 Å². The number of carbonyl (C=O) groups is 1. The average Bonchev–Trinajstić information content (AvgIpc) is 3.18. The molecule has 27 heavy (non-hydrogen) atoms. The molecule has 2 N–H and O–H groups in total. The number of amides is 2. The van der Waals surface area contributed by atoms with E-state index >= 15 is 0 Å². The van der Waals surface area contributed by atoms with E-state index < -0.39 is 0 Å². The predicted molar refractivity (Wildman–Crippen MR) is 116 cm³/mol. The molecule has 1 aromatic heterocycles. The van der Waals surface area contributed by atoms with Crippen LogP contribution in [0.15, 0.2) is 46.3 Å². The van der Waals surface area contributed by atoms with Gasteiger partial charge in [-0.05, 0) is 43.9 Å². The van der Waals surface area contributed by atoms with Crippen molar-refractivity contribution >= 4 is 35.2 Å². The van der Waals surface area contributed by atoms with E-state index in [4.69, 9.17) is 0 Å². The van der Waals surface area contributed by atoms with Gasteiger partial charge in [-0.1, -0.05) is 43.2 Å². The third kappa shape index (κ3) is 4.61. The van der Waals surface area contributed by atoms with E-state index in [9.17, 15) is 4.79 Å². The molecule has 2 aromatic rings. The second kappa shape index (κ2) is 9.02. The standard InChI is InChI=1S/C21H27N3OS2/c1-15-13-17(26-2)18(19(23-15)27-3)24-20(25)22-14-21(11-7-8-12-21)16-9-5-4-6-10-16/h4-6,9-10,13H,7-8,11-12,14H2,1-3H3,(H2,22,24,25). The summed E-state index contributed by atoms with van der Waals surface area (Å²) in [5.74, 6) is 0. The maximum atomic E-state index is 12.7. The SMILES string of the molecule is CSc1cc(C)nc(SC)c1NC(=O)NCC1(c2ccccc2)CCCC1. The third-order valence-electron chi connectivity index (χ3n) is 5.26. The molecular formula is C21H27N3OS2. The smallest absolute Gasteiger partial charge is 0.319 e. The fraction of sp³-hybridized carbons (Fsp3) is 0.429. The van der Waals surface area contributed by atoms with Crippen LogP contribution < -0.4 is 10.6 Å². The highest BCUT2D eigenvalue weighted by molar-refractivity contribution is 7.99. The van der Waals surface area contributed by atoms with E-state index in [0.29, 0.717) is 6.54 Å². The number of carbonyl (C=O) groups excluding carboxylic acids is 1. The van der Waals surface area contributed by atoms with E-state index in [1.54, 1.807) is 23.5 Å². The summed E-state index contributed by atoms with van der Waals surface area (Å²) in [5, 5.41) is 7.03. The van der Waals surface area contributed by atoms with Crippen LogP contribution in [0.5, 0.6) is 0 Å². The van der Waals surface area contributed by atoms with Gasteiger partial charge in [0.25, 0.3) is 0 Å². The molecule has 0 aliphatic heterocycles. The Morgan fingerprint density at radius 2 is 1.85 bits per heavy atom. The van der Waals surface area contributed by atoms with Crippen LogP contribution in [-0.4, -0.2) is 30.1 Å². The highest BCUT2D eigenvalue weighted by atomic mass is 32.2. The van der Waals surface area contributed by atoms with Gasteiger partial charge in [-0.15, -0.1) is 23.5 Å². The van der Waals surface area contributed by atoms with E-state index in [1.165, 1.54) is 18.4 Å². The normalized spacial score (nSPS) is 15.5. The second-order valence-corrected chi connectivity index (χ2v) is 8.65. The molecule has 0 spiro atoms. The molecule has 1 saturated carbocycles. The van der Waals surface area contributed by atoms with Crippen molar-refractivity contribution in [3.8, 4) is 0 Å². The number of thioether (sulfide) groups is 2. The largest absolute Gasteiger partial charge is 0.337 e. The lowest BCUT2D eigenvalue weighted by Gasteiger charge is -2.30. The van der Waals surface area contributed by atoms with Gasteiger partial charge in [0.1, 0.15) is 5.03 Å². The zero-order chi connectivity index (χ0) is 19.3. The Kier molecular flexibility index (Phi) is 6.71. The van der Waals surface area contributed by atoms with E-state index in [-0.39, 0.29) is 11.4 Å². The summed E-state index contributed by atoms with van der Waals surface area (Å²) in [7, 11) is 0. The first-order valence-electron chi connectivity index (χ1n) is 9.28. The molecule has 0 bridgehead atoms. The highest BCUT2D eigenvalue weighted by Crippen LogP contribution is 2.40. The molecule has 0 saturated heterocycles. The molecule has 1 aliphatic carbocycles. The Balaban J connectivity index is 1.73. The minimum Gasteiger partial charge on any atom is -0.337 e. The van der Waals surface area contributed by atoms with Crippen molar-refractivity contribution in [1.82, 2.24) is 10.3 Å². The van der Waals surface area contributed by atoms with Crippen molar-refractivity contribution in [2.45, 2.75) is 47.9 Å². The minimum atomic E-state index is -0.159. The van der Waals surface area contributed by atoms with E-state index in [1.807, 2.05) is 31.6 Å². The fourth-order valence-electron chi connectivity index (χ4n) is 3.86. The van der Waals surface area contributed by atoms with Gasteiger partial charge in [0, 0.05) is 22.5 Å². The monoisotopic (exact) mass is 401 g/mol. The summed E-state index contributed by atoms with van der Waals surface area (Å²) in [4.78, 5) is 18.3. The summed E-state index contributed by atoms with van der Waals surface area (Å²) in [6.07, 6.45) is 8.68. The quantitative estimate of drug-likeness (QED) is 0.631. The van der Waals surface area contributed by atoms with Crippen molar-refractivity contribution in [3.63, 3.8) is 0 Å². The molecule has 4 nitrogen and oxygen atoms in total. The summed E-state index contributed by atoms with van der Waals surface area (Å²) in [6.45, 7) is 2.64. The van der Waals surface area contributed by atoms with Crippen LogP contribution >= 0.6 is 23.5 Å². The number of anilines is 1. The molecule has 1 aromatic carbocycles. The second-order valence-electron chi connectivity index (χ2n) is 7.01. The Bertz CT molecular complexity index is 764. The number of aromatic nitrogens is 1. The number of urea groups is 1. The lowest BCUT2D eigenvalue weighted by Crippen LogP contribution is -2.41. The maximum absolute atomic E-state index is 12.7. The number of pyridine rings is 1. The molecule has 0 atom stereocenters. The Hall–Kier alpha value is -1.66. The van der Waals surface area contributed by atoms with Crippen LogP contribution in [0.25, 0.3) is 0 Å². The third-order valence-corrected chi connectivity index (χ3v) is 6.71. The Morgan fingerprint density at radius 3 is 2.48 bits per heavy atom. The van der Waals surface area contributed by atoms with Crippen molar-refractivity contribution in [2.24, 2.45) is 0 Å². The highest BCUT2D eigenvalue weighted by Gasteiger charge is 2.35. The van der Waals surface area contributed by atoms with Gasteiger partial charge in [-0.25, -0.2) is 9.78 Å². The summed E-state index contributed by atoms with van der Waals surface area (Å²) in [5.41, 5.74) is 3.14. The molecule has 2 amide bonds. The number of benzene rings is 1. The van der Waals surface area contributed by atoms with Crippen molar-refractivity contribution in [3.05, 3.63) is 47.7 Å². The lowest BCUT2D eigenvalue weighted by molar-refractivity contribution is 0.248. The number of aryl methyl sites for hydroxylation is 1. The lowest BCUT2D eigenvalue weighted by atomic mass is 9.79. The molecule has 1 heterocycles. The zero-order valence-corrected chi connectivity index (χ0v) is 17.8. The topological polar surface area (TPSA) is 54.0 Å². The van der Waals surface area contributed by atoms with Crippen LogP contribution in [0.1, 0.15) is 36.9 Å². The molecule has 1 aliphatic rings. The average molecular weight is 402 g/mol. The van der Waals surface area contributed by atoms with Crippen molar-refractivity contribution in [1.29, 1.82) is 0 Å². The Labute approximate surface area is 170 Å². The maximum Gasteiger partial charge on any atom is 0.319 e. The summed E-state index contributed by atoms with van der Waals surface area (Å²) in [6, 6.07) is 12.5. The minimum absolute atomic E-state index is 0.0504. The fourth-order valence-corrected chi connectivity index (χ4v) is 5.16. The van der Waals surface area contributed by atoms with Crippen LogP contribution in [-0.2, 0) is 5.41 Å². The van der Waals surface area contributed by atoms with Gasteiger partial charge in [0.2, 0.25) is 0 Å². The summed E-state index contributed by atoms with van der Waals surface area (Å²) < 4.78 is 0. The van der Waals surface area contributed by atoms with Gasteiger partial charge in [0.15, 0.2) is 0 Å². The molecule has 0 radical (unpaired) electrons. The molecule has 1 fully saturated rings. The van der Waals surface area contributed by atoms with Gasteiger partial charge < -0.3 is 10.6 Å². The van der Waals surface area contributed by atoms with Crippen molar-refractivity contribution in [2.75, 3.05) is 24.4 Å². The Morgan fingerprint density at radius 1 is 1.15 bits per heavy atom. The number of nitrogens with one attached hydrogen (secondary N) is 2. The van der Waals surface area contributed by atoms with Crippen molar-refractivity contribution < 1.29 is 4.79 Å². The molecular weight excluding hydrogens is 374 g/mol. The van der Waals surface area contributed by atoms with Gasteiger partial charge in [-0.2, -0.15) is 0 Å². The number of hydrogen-bond acceptors (Lipinski definition) is 4. The number of hydrogen-bond donors (Lipinski definition) is 2. The first-order chi connectivity index (χ1) is 13.1. The first-order valence-corrected chi connectivity index (χ1v) is 11.7. The van der Waals surface area contributed by atoms with Crippen LogP contribution in [0, 0.1) is 6.92 Å². The molecule has 6 heteroatoms. The van der Waals surface area contributed by atoms with E-state index in [2.05, 4.69) is 39.9 Å². The van der Waals surface area contributed by atoms with Crippen LogP contribution in [0.3, 0.4) is 0 Å². The zero-order valence-electron chi connectivity index (χ0n) is 16.2. The number of nitrogens with zero attached hydrogens (tertiary/aromatic N) is 1.